The number of aryl methyl sites for hydroxylation is 2. The van der Waals surface area contributed by atoms with Crippen LogP contribution in [0.2, 0.25) is 0 Å². The molecule has 122 valence electrons. The molecule has 25 heavy (non-hydrogen) atoms. The number of carbonyl (C=O) groups is 1. The standard InChI is InChI=1S/C21H19O2P.Li.H/c1-14-7-6-8-15(2)20(14)21(22)18-13-17(11-12-19(18)24)23-16-9-4-3-5-10-16;;/h3-13H,24H2,1-2H3;;. The molecule has 0 saturated carbocycles. The minimum atomic E-state index is 0. The van der Waals surface area contributed by atoms with Gasteiger partial charge in [-0.2, -0.15) is 0 Å². The Morgan fingerprint density at radius 1 is 0.840 bits per heavy atom. The average Bonchev–Trinajstić information content (AvgIpc) is 2.57. The summed E-state index contributed by atoms with van der Waals surface area (Å²) in [5, 5.41) is 0.864. The van der Waals surface area contributed by atoms with Gasteiger partial charge in [0.15, 0.2) is 5.78 Å². The fourth-order valence-corrected chi connectivity index (χ4v) is 3.04. The predicted molar refractivity (Wildman–Crippen MR) is 109 cm³/mol. The number of para-hydroxylation sites is 1. The molecule has 0 amide bonds. The van der Waals surface area contributed by atoms with E-state index in [0.29, 0.717) is 11.3 Å². The first-order valence-corrected chi connectivity index (χ1v) is 8.37. The van der Waals surface area contributed by atoms with Crippen LogP contribution in [0.15, 0.2) is 66.7 Å². The van der Waals surface area contributed by atoms with Crippen molar-refractivity contribution in [3.63, 3.8) is 0 Å². The molecule has 0 spiro atoms. The van der Waals surface area contributed by atoms with Crippen LogP contribution in [-0.4, -0.2) is 24.6 Å². The molecule has 0 saturated heterocycles. The molecule has 3 aromatic carbocycles. The first-order chi connectivity index (χ1) is 11.6. The van der Waals surface area contributed by atoms with Crippen molar-refractivity contribution in [3.8, 4) is 11.5 Å². The van der Waals surface area contributed by atoms with Crippen molar-refractivity contribution >= 4 is 39.2 Å². The Morgan fingerprint density at radius 3 is 2.12 bits per heavy atom. The van der Waals surface area contributed by atoms with Crippen molar-refractivity contribution < 1.29 is 9.53 Å². The predicted octanol–water partition coefficient (Wildman–Crippen LogP) is 4.18. The fourth-order valence-electron chi connectivity index (χ4n) is 2.73. The number of hydrogen-bond acceptors (Lipinski definition) is 2. The molecule has 0 radical (unpaired) electrons. The van der Waals surface area contributed by atoms with E-state index in [4.69, 9.17) is 4.74 Å². The molecule has 0 aromatic heterocycles. The molecule has 0 bridgehead atoms. The van der Waals surface area contributed by atoms with Gasteiger partial charge in [-0.1, -0.05) is 42.5 Å². The van der Waals surface area contributed by atoms with Crippen LogP contribution < -0.4 is 10.0 Å². The zero-order chi connectivity index (χ0) is 17.1. The second-order valence-corrected chi connectivity index (χ2v) is 6.38. The van der Waals surface area contributed by atoms with E-state index in [1.165, 1.54) is 0 Å². The van der Waals surface area contributed by atoms with Gasteiger partial charge in [0.2, 0.25) is 0 Å². The second-order valence-electron chi connectivity index (χ2n) is 5.76. The third kappa shape index (κ3) is 4.41. The summed E-state index contributed by atoms with van der Waals surface area (Å²) in [6.07, 6.45) is 0. The van der Waals surface area contributed by atoms with Crippen LogP contribution in [0.3, 0.4) is 0 Å². The molecule has 0 aliphatic heterocycles. The number of ketones is 1. The molecule has 0 heterocycles. The van der Waals surface area contributed by atoms with Gasteiger partial charge in [0.1, 0.15) is 11.5 Å². The van der Waals surface area contributed by atoms with Gasteiger partial charge in [-0.25, -0.2) is 0 Å². The molecule has 4 heteroatoms. The molecule has 3 rings (SSSR count). The maximum atomic E-state index is 13.0. The van der Waals surface area contributed by atoms with E-state index in [0.717, 1.165) is 27.7 Å². The van der Waals surface area contributed by atoms with Crippen molar-refractivity contribution in [2.75, 3.05) is 0 Å². The van der Waals surface area contributed by atoms with E-state index in [2.05, 4.69) is 9.24 Å². The summed E-state index contributed by atoms with van der Waals surface area (Å²) in [6, 6.07) is 21.0. The van der Waals surface area contributed by atoms with Crippen molar-refractivity contribution in [3.05, 3.63) is 89.0 Å². The summed E-state index contributed by atoms with van der Waals surface area (Å²) in [7, 11) is 2.63. The molecular formula is C21H20LiO2P. The van der Waals surface area contributed by atoms with Gasteiger partial charge < -0.3 is 4.74 Å². The van der Waals surface area contributed by atoms with Crippen molar-refractivity contribution in [2.24, 2.45) is 0 Å². The molecule has 1 atom stereocenters. The van der Waals surface area contributed by atoms with Crippen LogP contribution in [0.1, 0.15) is 27.0 Å². The van der Waals surface area contributed by atoms with E-state index in [-0.39, 0.29) is 24.6 Å². The quantitative estimate of drug-likeness (QED) is 0.404. The number of hydrogen-bond donors (Lipinski definition) is 0. The minimum absolute atomic E-state index is 0. The Morgan fingerprint density at radius 2 is 1.48 bits per heavy atom. The van der Waals surface area contributed by atoms with E-state index < -0.39 is 0 Å². The summed E-state index contributed by atoms with van der Waals surface area (Å²) < 4.78 is 5.86. The van der Waals surface area contributed by atoms with Gasteiger partial charge in [0.05, 0.1) is 0 Å². The zero-order valence-corrected chi connectivity index (χ0v) is 14.9. The van der Waals surface area contributed by atoms with E-state index in [1.807, 2.05) is 80.6 Å². The molecule has 0 N–H and O–H groups in total. The van der Waals surface area contributed by atoms with Crippen LogP contribution in [0, 0.1) is 13.8 Å². The fraction of sp³-hybridized carbons (Fsp3) is 0.0952. The number of carbonyl (C=O) groups excluding carboxylic acids is 1. The van der Waals surface area contributed by atoms with Gasteiger partial charge in [-0.05, 0) is 54.5 Å². The Kier molecular flexibility index (Phi) is 6.62. The van der Waals surface area contributed by atoms with Gasteiger partial charge in [-0.15, -0.1) is 9.24 Å². The second kappa shape index (κ2) is 8.50. The molecule has 0 aliphatic carbocycles. The number of rotatable bonds is 4. The summed E-state index contributed by atoms with van der Waals surface area (Å²) >= 11 is 0. The van der Waals surface area contributed by atoms with Crippen molar-refractivity contribution in [1.82, 2.24) is 0 Å². The molecule has 1 unspecified atom stereocenters. The van der Waals surface area contributed by atoms with Crippen LogP contribution in [0.25, 0.3) is 0 Å². The Labute approximate surface area is 163 Å². The van der Waals surface area contributed by atoms with E-state index in [1.54, 1.807) is 0 Å². The molecule has 2 nitrogen and oxygen atoms in total. The topological polar surface area (TPSA) is 26.3 Å². The van der Waals surface area contributed by atoms with E-state index in [9.17, 15) is 4.79 Å². The summed E-state index contributed by atoms with van der Waals surface area (Å²) in [6.45, 7) is 3.93. The number of ether oxygens (including phenoxy) is 1. The monoisotopic (exact) mass is 342 g/mol. The number of benzene rings is 3. The summed E-state index contributed by atoms with van der Waals surface area (Å²) in [5.74, 6) is 1.43. The SMILES string of the molecule is Cc1cccc(C)c1C(=O)c1cc(Oc2ccccc2)ccc1P.[LiH]. The third-order valence-corrected chi connectivity index (χ3v) is 4.46. The van der Waals surface area contributed by atoms with Gasteiger partial charge >= 0.3 is 18.9 Å². The summed E-state index contributed by atoms with van der Waals surface area (Å²) in [5.41, 5.74) is 3.38. The zero-order valence-electron chi connectivity index (χ0n) is 13.7. The maximum absolute atomic E-state index is 13.0. The Hall–Kier alpha value is -1.84. The van der Waals surface area contributed by atoms with Crippen LogP contribution in [-0.2, 0) is 0 Å². The third-order valence-electron chi connectivity index (χ3n) is 3.96. The molecule has 0 aliphatic rings. The van der Waals surface area contributed by atoms with Crippen LogP contribution in [0.4, 0.5) is 0 Å². The summed E-state index contributed by atoms with van der Waals surface area (Å²) in [4.78, 5) is 13.0. The van der Waals surface area contributed by atoms with Crippen molar-refractivity contribution in [1.29, 1.82) is 0 Å². The Bertz CT molecular complexity index is 871. The van der Waals surface area contributed by atoms with Crippen LogP contribution >= 0.6 is 9.24 Å². The van der Waals surface area contributed by atoms with Gasteiger partial charge in [0.25, 0.3) is 0 Å². The van der Waals surface area contributed by atoms with Crippen molar-refractivity contribution in [2.45, 2.75) is 13.8 Å². The van der Waals surface area contributed by atoms with Gasteiger partial charge in [0, 0.05) is 11.1 Å². The first kappa shape index (κ1) is 19.5. The molecule has 0 fully saturated rings. The first-order valence-electron chi connectivity index (χ1n) is 7.79. The normalized spacial score (nSPS) is 10.0. The Balaban J connectivity index is 0.00000225. The average molecular weight is 342 g/mol. The van der Waals surface area contributed by atoms with E-state index >= 15 is 0 Å². The van der Waals surface area contributed by atoms with Crippen LogP contribution in [0.5, 0.6) is 11.5 Å². The molecular weight excluding hydrogens is 322 g/mol. The molecule has 3 aromatic rings. The van der Waals surface area contributed by atoms with Gasteiger partial charge in [-0.3, -0.25) is 4.79 Å².